The van der Waals surface area contributed by atoms with Crippen molar-refractivity contribution in [3.63, 3.8) is 0 Å². The molecule has 0 unspecified atom stereocenters. The summed E-state index contributed by atoms with van der Waals surface area (Å²) in [4.78, 5) is 12.9. The third-order valence-electron chi connectivity index (χ3n) is 2.51. The first-order valence-corrected chi connectivity index (χ1v) is 4.54. The molecule has 1 aliphatic rings. The molecule has 0 atom stereocenters. The average Bonchev–Trinajstić information content (AvgIpc) is 2.58. The van der Waals surface area contributed by atoms with Crippen molar-refractivity contribution in [1.82, 2.24) is 10.1 Å². The quantitative estimate of drug-likeness (QED) is 0.767. The van der Waals surface area contributed by atoms with E-state index >= 15 is 0 Å². The van der Waals surface area contributed by atoms with Crippen molar-refractivity contribution in [1.29, 1.82) is 0 Å². The summed E-state index contributed by atoms with van der Waals surface area (Å²) in [7, 11) is 0. The molecule has 0 saturated carbocycles. The Hall–Kier alpha value is -1.36. The van der Waals surface area contributed by atoms with Gasteiger partial charge < -0.3 is 9.63 Å². The van der Waals surface area contributed by atoms with Gasteiger partial charge in [-0.25, -0.2) is 4.79 Å². The first-order valence-electron chi connectivity index (χ1n) is 4.54. The topological polar surface area (TPSA) is 66.6 Å². The number of fused-ring (bicyclic) bond motifs is 1. The maximum absolute atomic E-state index is 10.8. The van der Waals surface area contributed by atoms with Crippen LogP contribution in [-0.4, -0.2) is 27.2 Å². The summed E-state index contributed by atoms with van der Waals surface area (Å²) in [6.45, 7) is 5.42. The van der Waals surface area contributed by atoms with E-state index in [0.29, 0.717) is 24.9 Å². The van der Waals surface area contributed by atoms with Crippen LogP contribution in [0.3, 0.4) is 0 Å². The highest BCUT2D eigenvalue weighted by molar-refractivity contribution is 5.87. The monoisotopic (exact) mass is 196 g/mol. The predicted molar refractivity (Wildman–Crippen MR) is 47.8 cm³/mol. The molecule has 0 spiro atoms. The molecular formula is C9H12N2O3. The molecule has 0 fully saturated rings. The van der Waals surface area contributed by atoms with Gasteiger partial charge in [0.05, 0.1) is 6.54 Å². The molecule has 1 N–H and O–H groups in total. The number of hydrogen-bond acceptors (Lipinski definition) is 4. The molecule has 0 aliphatic carbocycles. The average molecular weight is 196 g/mol. The minimum absolute atomic E-state index is 0.0585. The van der Waals surface area contributed by atoms with Gasteiger partial charge in [-0.15, -0.1) is 0 Å². The van der Waals surface area contributed by atoms with Crippen LogP contribution >= 0.6 is 0 Å². The zero-order valence-corrected chi connectivity index (χ0v) is 8.15. The maximum Gasteiger partial charge on any atom is 0.358 e. The normalized spacial score (nSPS) is 16.2. The Morgan fingerprint density at radius 2 is 2.29 bits per heavy atom. The van der Waals surface area contributed by atoms with Gasteiger partial charge in [-0.1, -0.05) is 5.16 Å². The molecule has 0 saturated heterocycles. The number of aromatic carboxylic acids is 1. The van der Waals surface area contributed by atoms with Crippen LogP contribution in [0.1, 0.15) is 35.7 Å². The van der Waals surface area contributed by atoms with Crippen LogP contribution in [0.15, 0.2) is 4.52 Å². The lowest BCUT2D eigenvalue weighted by Gasteiger charge is -2.18. The minimum Gasteiger partial charge on any atom is -0.476 e. The molecule has 1 aromatic rings. The van der Waals surface area contributed by atoms with Crippen LogP contribution in [0.5, 0.6) is 0 Å². The van der Waals surface area contributed by atoms with E-state index in [1.54, 1.807) is 0 Å². The molecular weight excluding hydrogens is 184 g/mol. The summed E-state index contributed by atoms with van der Waals surface area (Å²) in [5, 5.41) is 12.4. The van der Waals surface area contributed by atoms with Gasteiger partial charge in [0, 0.05) is 18.2 Å². The predicted octanol–water partition coefficient (Wildman–Crippen LogP) is 1.10. The number of aromatic nitrogens is 1. The second-order valence-corrected chi connectivity index (χ2v) is 3.74. The summed E-state index contributed by atoms with van der Waals surface area (Å²) in [6.07, 6.45) is 0. The summed E-state index contributed by atoms with van der Waals surface area (Å²) in [5.41, 5.74) is 0.786. The SMILES string of the molecule is CC(C)N1Cc2onc(C(=O)O)c2C1. The minimum atomic E-state index is -1.01. The van der Waals surface area contributed by atoms with Crippen LogP contribution < -0.4 is 0 Å². The van der Waals surface area contributed by atoms with E-state index in [2.05, 4.69) is 23.9 Å². The Kier molecular flexibility index (Phi) is 2.03. The van der Waals surface area contributed by atoms with Crippen LogP contribution in [0.2, 0.25) is 0 Å². The van der Waals surface area contributed by atoms with Gasteiger partial charge in [0.25, 0.3) is 0 Å². The molecule has 5 nitrogen and oxygen atoms in total. The van der Waals surface area contributed by atoms with Gasteiger partial charge in [0.2, 0.25) is 0 Å². The lowest BCUT2D eigenvalue weighted by atomic mass is 10.2. The zero-order valence-electron chi connectivity index (χ0n) is 8.15. The van der Waals surface area contributed by atoms with Crippen LogP contribution in [-0.2, 0) is 13.1 Å². The fourth-order valence-corrected chi connectivity index (χ4v) is 1.61. The van der Waals surface area contributed by atoms with Gasteiger partial charge in [-0.3, -0.25) is 4.90 Å². The molecule has 0 aromatic carbocycles. The van der Waals surface area contributed by atoms with Crippen molar-refractivity contribution < 1.29 is 14.4 Å². The summed E-state index contributed by atoms with van der Waals surface area (Å²) >= 11 is 0. The highest BCUT2D eigenvalue weighted by Crippen LogP contribution is 2.27. The number of carboxylic acid groups (broad SMARTS) is 1. The van der Waals surface area contributed by atoms with Crippen molar-refractivity contribution in [2.24, 2.45) is 0 Å². The van der Waals surface area contributed by atoms with Gasteiger partial charge in [-0.05, 0) is 13.8 Å². The Morgan fingerprint density at radius 3 is 2.86 bits per heavy atom. The van der Waals surface area contributed by atoms with E-state index in [1.165, 1.54) is 0 Å². The highest BCUT2D eigenvalue weighted by atomic mass is 16.5. The van der Waals surface area contributed by atoms with Crippen LogP contribution in [0.25, 0.3) is 0 Å². The van der Waals surface area contributed by atoms with E-state index in [1.807, 2.05) is 0 Å². The van der Waals surface area contributed by atoms with Crippen LogP contribution in [0, 0.1) is 0 Å². The molecule has 1 aromatic heterocycles. The van der Waals surface area contributed by atoms with Crippen molar-refractivity contribution in [3.8, 4) is 0 Å². The molecule has 2 heterocycles. The Labute approximate surface area is 81.3 Å². The largest absolute Gasteiger partial charge is 0.476 e. The van der Waals surface area contributed by atoms with E-state index in [9.17, 15) is 4.79 Å². The molecule has 0 amide bonds. The second-order valence-electron chi connectivity index (χ2n) is 3.74. The van der Waals surface area contributed by atoms with Gasteiger partial charge in [0.1, 0.15) is 0 Å². The molecule has 0 radical (unpaired) electrons. The van der Waals surface area contributed by atoms with Gasteiger partial charge >= 0.3 is 5.97 Å². The molecule has 2 rings (SSSR count). The van der Waals surface area contributed by atoms with E-state index in [4.69, 9.17) is 9.63 Å². The van der Waals surface area contributed by atoms with E-state index < -0.39 is 5.97 Å². The summed E-state index contributed by atoms with van der Waals surface area (Å²) in [6, 6.07) is 0.388. The lowest BCUT2D eigenvalue weighted by Crippen LogP contribution is -2.25. The Morgan fingerprint density at radius 1 is 1.57 bits per heavy atom. The fourth-order valence-electron chi connectivity index (χ4n) is 1.61. The molecule has 5 heteroatoms. The third-order valence-corrected chi connectivity index (χ3v) is 2.51. The second kappa shape index (κ2) is 3.09. The molecule has 14 heavy (non-hydrogen) atoms. The Bertz CT molecular complexity index is 370. The molecule has 76 valence electrons. The number of nitrogens with zero attached hydrogens (tertiary/aromatic N) is 2. The van der Waals surface area contributed by atoms with E-state index in [0.717, 1.165) is 5.56 Å². The summed E-state index contributed by atoms with van der Waals surface area (Å²) in [5.74, 6) is -0.322. The van der Waals surface area contributed by atoms with Crippen molar-refractivity contribution in [2.45, 2.75) is 33.0 Å². The van der Waals surface area contributed by atoms with Gasteiger partial charge in [-0.2, -0.15) is 0 Å². The van der Waals surface area contributed by atoms with Crippen molar-refractivity contribution in [3.05, 3.63) is 17.0 Å². The fraction of sp³-hybridized carbons (Fsp3) is 0.556. The van der Waals surface area contributed by atoms with Gasteiger partial charge in [0.15, 0.2) is 11.5 Å². The van der Waals surface area contributed by atoms with Crippen molar-refractivity contribution in [2.75, 3.05) is 0 Å². The van der Waals surface area contributed by atoms with E-state index in [-0.39, 0.29) is 5.69 Å². The number of carbonyl (C=O) groups is 1. The Balaban J connectivity index is 2.28. The maximum atomic E-state index is 10.8. The first-order chi connectivity index (χ1) is 6.59. The number of hydrogen-bond donors (Lipinski definition) is 1. The lowest BCUT2D eigenvalue weighted by molar-refractivity contribution is 0.0681. The smallest absolute Gasteiger partial charge is 0.358 e. The zero-order chi connectivity index (χ0) is 10.3. The molecule has 0 bridgehead atoms. The number of carboxylic acids is 1. The molecule has 1 aliphatic heterocycles. The number of rotatable bonds is 2. The first kappa shape index (κ1) is 9.21. The third kappa shape index (κ3) is 1.29. The standard InChI is InChI=1S/C9H12N2O3/c1-5(2)11-3-6-7(4-11)14-10-8(6)9(12)13/h5H,3-4H2,1-2H3,(H,12,13). The summed E-state index contributed by atoms with van der Waals surface area (Å²) < 4.78 is 4.98. The van der Waals surface area contributed by atoms with Crippen molar-refractivity contribution >= 4 is 5.97 Å². The highest BCUT2D eigenvalue weighted by Gasteiger charge is 2.30. The van der Waals surface area contributed by atoms with Crippen LogP contribution in [0.4, 0.5) is 0 Å².